The summed E-state index contributed by atoms with van der Waals surface area (Å²) < 4.78 is 0. The third-order valence-electron chi connectivity index (χ3n) is 2.16. The summed E-state index contributed by atoms with van der Waals surface area (Å²) in [5.41, 5.74) is 2.55. The summed E-state index contributed by atoms with van der Waals surface area (Å²) in [6.45, 7) is 6.53. The first-order valence-electron chi connectivity index (χ1n) is 4.71. The monoisotopic (exact) mass is 195 g/mol. The SMILES string of the molecule is CCc1cnc(C(C)C)cc1SC. The van der Waals surface area contributed by atoms with Gasteiger partial charge in [0.15, 0.2) is 0 Å². The van der Waals surface area contributed by atoms with Gasteiger partial charge in [-0.05, 0) is 30.2 Å². The van der Waals surface area contributed by atoms with E-state index in [1.165, 1.54) is 16.2 Å². The van der Waals surface area contributed by atoms with Crippen LogP contribution in [0.2, 0.25) is 0 Å². The van der Waals surface area contributed by atoms with Gasteiger partial charge >= 0.3 is 0 Å². The minimum Gasteiger partial charge on any atom is -0.261 e. The Morgan fingerprint density at radius 3 is 2.62 bits per heavy atom. The average molecular weight is 195 g/mol. The predicted molar refractivity (Wildman–Crippen MR) is 59.5 cm³/mol. The van der Waals surface area contributed by atoms with E-state index < -0.39 is 0 Å². The number of aromatic nitrogens is 1. The zero-order valence-corrected chi connectivity index (χ0v) is 9.61. The predicted octanol–water partition coefficient (Wildman–Crippen LogP) is 3.49. The van der Waals surface area contributed by atoms with Gasteiger partial charge in [-0.2, -0.15) is 0 Å². The Balaban J connectivity index is 3.05. The summed E-state index contributed by atoms with van der Waals surface area (Å²) in [6, 6.07) is 2.22. The van der Waals surface area contributed by atoms with E-state index in [1.807, 2.05) is 18.0 Å². The molecule has 0 atom stereocenters. The van der Waals surface area contributed by atoms with Crippen LogP contribution in [0.5, 0.6) is 0 Å². The van der Waals surface area contributed by atoms with Crippen LogP contribution >= 0.6 is 11.8 Å². The van der Waals surface area contributed by atoms with Gasteiger partial charge in [-0.3, -0.25) is 4.98 Å². The highest BCUT2D eigenvalue weighted by atomic mass is 32.2. The van der Waals surface area contributed by atoms with Crippen molar-refractivity contribution in [2.45, 2.75) is 38.0 Å². The molecule has 1 heterocycles. The lowest BCUT2D eigenvalue weighted by atomic mass is 10.1. The van der Waals surface area contributed by atoms with Gasteiger partial charge in [0, 0.05) is 16.8 Å². The van der Waals surface area contributed by atoms with Crippen LogP contribution in [0.4, 0.5) is 0 Å². The van der Waals surface area contributed by atoms with Crippen LogP contribution in [0.15, 0.2) is 17.2 Å². The number of nitrogens with zero attached hydrogens (tertiary/aromatic N) is 1. The molecule has 2 heteroatoms. The highest BCUT2D eigenvalue weighted by Crippen LogP contribution is 2.23. The minimum atomic E-state index is 0.525. The molecule has 0 unspecified atom stereocenters. The Labute approximate surface area is 85.0 Å². The van der Waals surface area contributed by atoms with E-state index in [4.69, 9.17) is 0 Å². The van der Waals surface area contributed by atoms with Gasteiger partial charge in [0.25, 0.3) is 0 Å². The Kier molecular flexibility index (Phi) is 3.79. The molecule has 0 aromatic carbocycles. The molecule has 13 heavy (non-hydrogen) atoms. The molecule has 0 aliphatic rings. The molecule has 0 saturated carbocycles. The molecule has 0 aliphatic carbocycles. The van der Waals surface area contributed by atoms with Crippen LogP contribution < -0.4 is 0 Å². The molecule has 0 N–H and O–H groups in total. The van der Waals surface area contributed by atoms with E-state index >= 15 is 0 Å². The quantitative estimate of drug-likeness (QED) is 0.685. The second kappa shape index (κ2) is 4.66. The zero-order chi connectivity index (χ0) is 9.84. The number of aryl methyl sites for hydroxylation is 1. The second-order valence-corrected chi connectivity index (χ2v) is 4.28. The standard InChI is InChI=1S/C11H17NS/c1-5-9-7-12-10(8(2)3)6-11(9)13-4/h6-8H,5H2,1-4H3. The van der Waals surface area contributed by atoms with E-state index in [0.29, 0.717) is 5.92 Å². The second-order valence-electron chi connectivity index (χ2n) is 3.43. The molecule has 0 radical (unpaired) electrons. The molecule has 0 fully saturated rings. The van der Waals surface area contributed by atoms with E-state index in [0.717, 1.165) is 6.42 Å². The maximum Gasteiger partial charge on any atom is 0.0440 e. The number of rotatable bonds is 3. The largest absolute Gasteiger partial charge is 0.261 e. The van der Waals surface area contributed by atoms with Crippen molar-refractivity contribution in [3.05, 3.63) is 23.5 Å². The van der Waals surface area contributed by atoms with Crippen molar-refractivity contribution in [3.8, 4) is 0 Å². The number of hydrogen-bond donors (Lipinski definition) is 0. The highest BCUT2D eigenvalue weighted by Gasteiger charge is 2.05. The first-order chi connectivity index (χ1) is 6.19. The molecule has 0 spiro atoms. The van der Waals surface area contributed by atoms with Crippen LogP contribution in [0.25, 0.3) is 0 Å². The van der Waals surface area contributed by atoms with Gasteiger partial charge in [0.1, 0.15) is 0 Å². The lowest BCUT2D eigenvalue weighted by molar-refractivity contribution is 0.810. The first kappa shape index (κ1) is 10.6. The summed E-state index contributed by atoms with van der Waals surface area (Å²) in [5, 5.41) is 0. The van der Waals surface area contributed by atoms with Gasteiger partial charge < -0.3 is 0 Å². The molecule has 0 aliphatic heterocycles. The third-order valence-corrected chi connectivity index (χ3v) is 2.98. The number of pyridine rings is 1. The van der Waals surface area contributed by atoms with E-state index in [-0.39, 0.29) is 0 Å². The van der Waals surface area contributed by atoms with E-state index in [1.54, 1.807) is 0 Å². The molecule has 1 nitrogen and oxygen atoms in total. The van der Waals surface area contributed by atoms with Gasteiger partial charge in [0.05, 0.1) is 0 Å². The molecule has 0 bridgehead atoms. The average Bonchev–Trinajstić information content (AvgIpc) is 2.16. The van der Waals surface area contributed by atoms with Crippen LogP contribution in [0.3, 0.4) is 0 Å². The van der Waals surface area contributed by atoms with E-state index in [9.17, 15) is 0 Å². The van der Waals surface area contributed by atoms with E-state index in [2.05, 4.69) is 38.1 Å². The van der Waals surface area contributed by atoms with Crippen molar-refractivity contribution in [2.75, 3.05) is 6.26 Å². The van der Waals surface area contributed by atoms with Gasteiger partial charge in [-0.15, -0.1) is 11.8 Å². The molecular weight excluding hydrogens is 178 g/mol. The Morgan fingerprint density at radius 2 is 2.15 bits per heavy atom. The molecule has 0 saturated heterocycles. The van der Waals surface area contributed by atoms with Crippen molar-refractivity contribution in [1.82, 2.24) is 4.98 Å². The lowest BCUT2D eigenvalue weighted by Crippen LogP contribution is -1.95. The van der Waals surface area contributed by atoms with Crippen LogP contribution in [0, 0.1) is 0 Å². The summed E-state index contributed by atoms with van der Waals surface area (Å²) in [7, 11) is 0. The van der Waals surface area contributed by atoms with Crippen molar-refractivity contribution in [2.24, 2.45) is 0 Å². The van der Waals surface area contributed by atoms with Crippen molar-refractivity contribution in [3.63, 3.8) is 0 Å². The minimum absolute atomic E-state index is 0.525. The van der Waals surface area contributed by atoms with Crippen molar-refractivity contribution < 1.29 is 0 Å². The molecular formula is C11H17NS. The van der Waals surface area contributed by atoms with Gasteiger partial charge in [0.2, 0.25) is 0 Å². The third kappa shape index (κ3) is 2.47. The Morgan fingerprint density at radius 1 is 1.46 bits per heavy atom. The smallest absolute Gasteiger partial charge is 0.0440 e. The normalized spacial score (nSPS) is 10.8. The topological polar surface area (TPSA) is 12.9 Å². The summed E-state index contributed by atoms with van der Waals surface area (Å²) in [4.78, 5) is 5.82. The maximum absolute atomic E-state index is 4.44. The molecule has 1 aromatic heterocycles. The molecule has 1 rings (SSSR count). The van der Waals surface area contributed by atoms with Gasteiger partial charge in [-0.1, -0.05) is 20.8 Å². The fourth-order valence-electron chi connectivity index (χ4n) is 1.25. The maximum atomic E-state index is 4.44. The summed E-state index contributed by atoms with van der Waals surface area (Å²) in [6.07, 6.45) is 5.21. The van der Waals surface area contributed by atoms with Crippen molar-refractivity contribution in [1.29, 1.82) is 0 Å². The number of hydrogen-bond acceptors (Lipinski definition) is 2. The molecule has 1 aromatic rings. The van der Waals surface area contributed by atoms with Crippen LogP contribution in [0.1, 0.15) is 37.9 Å². The van der Waals surface area contributed by atoms with Crippen molar-refractivity contribution >= 4 is 11.8 Å². The Hall–Kier alpha value is -0.500. The fraction of sp³-hybridized carbons (Fsp3) is 0.545. The number of thioether (sulfide) groups is 1. The Bertz CT molecular complexity index is 281. The first-order valence-corrected chi connectivity index (χ1v) is 5.94. The van der Waals surface area contributed by atoms with Crippen LogP contribution in [-0.4, -0.2) is 11.2 Å². The lowest BCUT2D eigenvalue weighted by Gasteiger charge is -2.09. The molecule has 0 amide bonds. The summed E-state index contributed by atoms with van der Waals surface area (Å²) in [5.74, 6) is 0.525. The van der Waals surface area contributed by atoms with Crippen LogP contribution in [-0.2, 0) is 6.42 Å². The van der Waals surface area contributed by atoms with Gasteiger partial charge in [-0.25, -0.2) is 0 Å². The summed E-state index contributed by atoms with van der Waals surface area (Å²) >= 11 is 1.81. The highest BCUT2D eigenvalue weighted by molar-refractivity contribution is 7.98. The molecule has 72 valence electrons. The fourth-order valence-corrected chi connectivity index (χ4v) is 1.95. The zero-order valence-electron chi connectivity index (χ0n) is 8.79.